The molecule has 10 aromatic carbocycles. The van der Waals surface area contributed by atoms with Crippen LogP contribution in [0.15, 0.2) is 267 Å². The number of para-hydroxylation sites is 2. The summed E-state index contributed by atoms with van der Waals surface area (Å²) in [5.41, 5.74) is 22.7. The van der Waals surface area contributed by atoms with Crippen molar-refractivity contribution < 1.29 is 101 Å². The Morgan fingerprint density at radius 3 is 1.23 bits per heavy atom. The van der Waals surface area contributed by atoms with Crippen molar-refractivity contribution in [2.45, 2.75) is 41.5 Å². The minimum absolute atomic E-state index is 0. The van der Waals surface area contributed by atoms with Gasteiger partial charge in [-0.15, -0.1) is 178 Å². The Morgan fingerprint density at radius 1 is 0.253 bits per heavy atom. The van der Waals surface area contributed by atoms with Crippen molar-refractivity contribution in [3.05, 3.63) is 331 Å². The fourth-order valence-corrected chi connectivity index (χ4v) is 10.1. The van der Waals surface area contributed by atoms with E-state index in [2.05, 4.69) is 219 Å². The zero-order valence-electron chi connectivity index (χ0n) is 50.8. The van der Waals surface area contributed by atoms with Crippen LogP contribution >= 0.6 is 0 Å². The first kappa shape index (κ1) is 72.6. The molecule has 10 heteroatoms. The zero-order chi connectivity index (χ0) is 59.2. The molecule has 15 aromatic rings. The topological polar surface area (TPSA) is 64.5 Å². The summed E-state index contributed by atoms with van der Waals surface area (Å²) in [6, 6.07) is 106. The van der Waals surface area contributed by atoms with E-state index in [0.717, 1.165) is 89.4 Å². The maximum atomic E-state index is 4.70. The maximum Gasteiger partial charge on any atom is 0.0597 e. The number of pyridine rings is 5. The SMILES string of the molecule is Cc1[c-]c(-c2ccc3ccccc3n2)cc(C)c1.Cc1ccc2ccc(-c3[c-]cccc3)nc2c1.Cc1ccc2nc(-c3[c-]cccc3)ccc2c1.Cc1ccc[c-]c1-c1ccc2ccccc2n1.Cc1cccc2nc(-c3[c-]cccc3)ccc12.[Ir].[Ir].[Ir].[Ir].[Ir]. The predicted octanol–water partition coefficient (Wildman–Crippen LogP) is 20.3. The molecule has 0 aliphatic heterocycles. The second kappa shape index (κ2) is 35.4. The van der Waals surface area contributed by atoms with Crippen molar-refractivity contribution in [2.24, 2.45) is 0 Å². The van der Waals surface area contributed by atoms with Gasteiger partial charge in [-0.2, -0.15) is 0 Å². The third kappa shape index (κ3) is 19.3. The minimum Gasteiger partial charge on any atom is -0.296 e. The van der Waals surface area contributed by atoms with Crippen LogP contribution in [0.4, 0.5) is 0 Å². The molecule has 5 radical (unpaired) electrons. The molecular formula is C81H62Ir5N5-5. The van der Waals surface area contributed by atoms with Crippen LogP contribution < -0.4 is 0 Å². The molecule has 91 heavy (non-hydrogen) atoms. The first-order valence-corrected chi connectivity index (χ1v) is 28.8. The first-order chi connectivity index (χ1) is 42.1. The van der Waals surface area contributed by atoms with Crippen molar-refractivity contribution in [1.29, 1.82) is 0 Å². The molecule has 5 nitrogen and oxygen atoms in total. The van der Waals surface area contributed by atoms with E-state index < -0.39 is 0 Å². The van der Waals surface area contributed by atoms with E-state index >= 15 is 0 Å². The number of aryl methyl sites for hydroxylation is 6. The summed E-state index contributed by atoms with van der Waals surface area (Å²) >= 11 is 0. The van der Waals surface area contributed by atoms with Crippen molar-refractivity contribution in [2.75, 3.05) is 0 Å². The molecule has 0 N–H and O–H groups in total. The molecule has 0 unspecified atom stereocenters. The van der Waals surface area contributed by atoms with E-state index in [-0.39, 0.29) is 101 Å². The second-order valence-electron chi connectivity index (χ2n) is 21.2. The number of rotatable bonds is 5. The van der Waals surface area contributed by atoms with E-state index in [4.69, 9.17) is 4.98 Å². The van der Waals surface area contributed by atoms with E-state index in [1.54, 1.807) is 0 Å². The fourth-order valence-electron chi connectivity index (χ4n) is 10.1. The molecule has 0 saturated carbocycles. The number of benzene rings is 10. The number of hydrogen-bond acceptors (Lipinski definition) is 5. The van der Waals surface area contributed by atoms with Crippen LogP contribution in [-0.2, 0) is 101 Å². The van der Waals surface area contributed by atoms with Gasteiger partial charge in [-0.05, 0) is 118 Å². The molecule has 15 rings (SSSR count). The molecule has 0 amide bonds. The van der Waals surface area contributed by atoms with Crippen LogP contribution in [-0.4, -0.2) is 24.9 Å². The van der Waals surface area contributed by atoms with E-state index in [1.807, 2.05) is 140 Å². The van der Waals surface area contributed by atoms with Crippen molar-refractivity contribution in [1.82, 2.24) is 24.9 Å². The first-order valence-electron chi connectivity index (χ1n) is 28.8. The van der Waals surface area contributed by atoms with Crippen LogP contribution in [0.2, 0.25) is 0 Å². The van der Waals surface area contributed by atoms with Gasteiger partial charge in [-0.1, -0.05) is 154 Å². The third-order valence-corrected chi connectivity index (χ3v) is 14.5. The number of hydrogen-bond donors (Lipinski definition) is 0. The predicted molar refractivity (Wildman–Crippen MR) is 358 cm³/mol. The monoisotopic (exact) mass is 2070 g/mol. The molecule has 461 valence electrons. The van der Waals surface area contributed by atoms with Gasteiger partial charge in [0.05, 0.1) is 27.6 Å². The normalized spacial score (nSPS) is 10.1. The van der Waals surface area contributed by atoms with Gasteiger partial charge in [-0.3, -0.25) is 24.9 Å². The van der Waals surface area contributed by atoms with Gasteiger partial charge in [0, 0.05) is 106 Å². The van der Waals surface area contributed by atoms with Crippen LogP contribution in [0.3, 0.4) is 0 Å². The molecular weight excluding hydrogens is 2000 g/mol. The Morgan fingerprint density at radius 2 is 0.670 bits per heavy atom. The van der Waals surface area contributed by atoms with Gasteiger partial charge >= 0.3 is 0 Å². The van der Waals surface area contributed by atoms with Crippen molar-refractivity contribution >= 4 is 54.5 Å². The average molecular weight is 2070 g/mol. The van der Waals surface area contributed by atoms with Crippen LogP contribution in [0.1, 0.15) is 33.4 Å². The Labute approximate surface area is 602 Å². The van der Waals surface area contributed by atoms with E-state index in [0.29, 0.717) is 0 Å². The zero-order valence-corrected chi connectivity index (χ0v) is 62.8. The Kier molecular flexibility index (Phi) is 28.2. The molecule has 0 aliphatic rings. The van der Waals surface area contributed by atoms with Crippen LogP contribution in [0.5, 0.6) is 0 Å². The summed E-state index contributed by atoms with van der Waals surface area (Å²) in [6.45, 7) is 12.5. The third-order valence-electron chi connectivity index (χ3n) is 14.5. The van der Waals surface area contributed by atoms with Gasteiger partial charge in [0.1, 0.15) is 0 Å². The average Bonchev–Trinajstić information content (AvgIpc) is 2.69. The minimum atomic E-state index is 0. The van der Waals surface area contributed by atoms with Crippen molar-refractivity contribution in [3.63, 3.8) is 0 Å². The second-order valence-corrected chi connectivity index (χ2v) is 21.2. The number of fused-ring (bicyclic) bond motifs is 5. The summed E-state index contributed by atoms with van der Waals surface area (Å²) in [7, 11) is 0. The summed E-state index contributed by atoms with van der Waals surface area (Å²) in [6.07, 6.45) is 0. The molecule has 0 aliphatic carbocycles. The van der Waals surface area contributed by atoms with E-state index in [1.165, 1.54) is 54.7 Å². The Hall–Kier alpha value is -7.50. The van der Waals surface area contributed by atoms with Crippen LogP contribution in [0, 0.1) is 71.9 Å². The van der Waals surface area contributed by atoms with E-state index in [9.17, 15) is 0 Å². The molecule has 0 fully saturated rings. The molecule has 0 saturated heterocycles. The molecule has 5 aromatic heterocycles. The molecule has 5 heterocycles. The Bertz CT molecular complexity index is 4730. The number of aromatic nitrogens is 5. The molecule has 0 atom stereocenters. The number of nitrogens with zero attached hydrogens (tertiary/aromatic N) is 5. The molecule has 0 bridgehead atoms. The summed E-state index contributed by atoms with van der Waals surface area (Å²) in [4.78, 5) is 23.4. The van der Waals surface area contributed by atoms with Gasteiger partial charge < -0.3 is 0 Å². The fraction of sp³-hybridized carbons (Fsp3) is 0.0741. The maximum absolute atomic E-state index is 4.70. The van der Waals surface area contributed by atoms with Gasteiger partial charge in [0.15, 0.2) is 0 Å². The van der Waals surface area contributed by atoms with Crippen molar-refractivity contribution in [3.8, 4) is 56.3 Å². The largest absolute Gasteiger partial charge is 0.296 e. The van der Waals surface area contributed by atoms with Gasteiger partial charge in [0.2, 0.25) is 0 Å². The summed E-state index contributed by atoms with van der Waals surface area (Å²) in [5.74, 6) is 0. The quantitative estimate of drug-likeness (QED) is 0.161. The van der Waals surface area contributed by atoms with Gasteiger partial charge in [-0.25, -0.2) is 0 Å². The Balaban J connectivity index is 0.000000178. The van der Waals surface area contributed by atoms with Gasteiger partial charge in [0.25, 0.3) is 0 Å². The summed E-state index contributed by atoms with van der Waals surface area (Å²) in [5, 5.41) is 5.92. The van der Waals surface area contributed by atoms with Crippen LogP contribution in [0.25, 0.3) is 111 Å². The standard InChI is InChI=1S/C17H14N.4C16H12N.5Ir/c1-12-9-13(2)11-15(10-12)17-8-7-14-5-3-4-6-16(14)18-17;1-12-6-2-4-8-14(12)16-11-10-13-7-3-5-9-15(13)17-16;1-12-6-5-9-16-14(12)10-11-15(17-16)13-7-3-2-4-8-13;1-12-7-9-16-14(11-12)8-10-15(17-16)13-5-3-2-4-6-13;1-12-7-8-14-9-10-15(17-16(14)11-12)13-5-3-2-4-6-13;;;;;/h3-10H,1-2H3;2*2-7,9-11H,1H3;2*2-5,7-11H,1H3;;;;;/q5*-1;;;;;. The smallest absolute Gasteiger partial charge is 0.0597 e. The summed E-state index contributed by atoms with van der Waals surface area (Å²) < 4.78 is 0. The molecule has 0 spiro atoms.